The number of rotatable bonds is 3. The van der Waals surface area contributed by atoms with Crippen LogP contribution in [-0.4, -0.2) is 40.9 Å². The Bertz CT molecular complexity index is 379. The van der Waals surface area contributed by atoms with Gasteiger partial charge in [0.05, 0.1) is 12.8 Å². The summed E-state index contributed by atoms with van der Waals surface area (Å²) in [7, 11) is 0. The molecule has 2 heterocycles. The van der Waals surface area contributed by atoms with Gasteiger partial charge in [-0.15, -0.1) is 0 Å². The Kier molecular flexibility index (Phi) is 4.12. The van der Waals surface area contributed by atoms with Crippen molar-refractivity contribution in [3.05, 3.63) is 17.5 Å². The van der Waals surface area contributed by atoms with Crippen LogP contribution in [-0.2, 0) is 0 Å². The first-order valence-corrected chi connectivity index (χ1v) is 6.05. The summed E-state index contributed by atoms with van der Waals surface area (Å²) in [5.74, 6) is 0.553. The first-order chi connectivity index (χ1) is 8.22. The minimum absolute atomic E-state index is 0.0631. The van der Waals surface area contributed by atoms with Crippen LogP contribution in [0.15, 0.2) is 12.4 Å². The zero-order valence-corrected chi connectivity index (χ0v) is 10.1. The van der Waals surface area contributed by atoms with Gasteiger partial charge in [0.2, 0.25) is 0 Å². The van der Waals surface area contributed by atoms with Crippen molar-refractivity contribution in [2.45, 2.75) is 18.9 Å². The summed E-state index contributed by atoms with van der Waals surface area (Å²) in [5.41, 5.74) is 0. The Morgan fingerprint density at radius 3 is 2.94 bits per heavy atom. The molecule has 0 aromatic carbocycles. The second-order valence-electron chi connectivity index (χ2n) is 4.21. The van der Waals surface area contributed by atoms with E-state index in [-0.39, 0.29) is 5.92 Å². The summed E-state index contributed by atoms with van der Waals surface area (Å²) in [6, 6.07) is 0. The number of alkyl halides is 1. The number of hydrogen-bond donors (Lipinski definition) is 1. The summed E-state index contributed by atoms with van der Waals surface area (Å²) in [6.07, 6.45) is 3.66. The molecule has 0 amide bonds. The van der Waals surface area contributed by atoms with E-state index < -0.39 is 12.8 Å². The highest BCUT2D eigenvalue weighted by Gasteiger charge is 2.29. The summed E-state index contributed by atoms with van der Waals surface area (Å²) in [4.78, 5) is 10.1. The fourth-order valence-corrected chi connectivity index (χ4v) is 2.39. The maximum absolute atomic E-state index is 12.4. The molecule has 1 saturated heterocycles. The lowest BCUT2D eigenvalue weighted by molar-refractivity contribution is 0.0792. The molecule has 94 valence electrons. The lowest BCUT2D eigenvalue weighted by Crippen LogP contribution is -2.44. The molecule has 0 saturated carbocycles. The van der Waals surface area contributed by atoms with Crippen LogP contribution in [0.25, 0.3) is 0 Å². The van der Waals surface area contributed by atoms with Crippen LogP contribution in [0.3, 0.4) is 0 Å². The van der Waals surface area contributed by atoms with E-state index in [1.807, 2.05) is 4.90 Å². The fraction of sp³-hybridized carbons (Fsp3) is 0.636. The van der Waals surface area contributed by atoms with Gasteiger partial charge in [-0.1, -0.05) is 11.6 Å². The third-order valence-corrected chi connectivity index (χ3v) is 3.38. The number of aliphatic hydroxyl groups excluding tert-OH is 1. The first-order valence-electron chi connectivity index (χ1n) is 5.68. The van der Waals surface area contributed by atoms with Gasteiger partial charge in [0.25, 0.3) is 0 Å². The van der Waals surface area contributed by atoms with Crippen molar-refractivity contribution < 1.29 is 9.50 Å². The Labute approximate surface area is 104 Å². The van der Waals surface area contributed by atoms with Crippen LogP contribution in [0.2, 0.25) is 5.15 Å². The van der Waals surface area contributed by atoms with E-state index in [0.717, 1.165) is 0 Å². The molecule has 0 aliphatic carbocycles. The van der Waals surface area contributed by atoms with E-state index in [1.54, 1.807) is 6.20 Å². The number of aromatic nitrogens is 2. The van der Waals surface area contributed by atoms with Crippen LogP contribution in [0.4, 0.5) is 10.2 Å². The van der Waals surface area contributed by atoms with Crippen LogP contribution in [0.1, 0.15) is 12.8 Å². The smallest absolute Gasteiger partial charge is 0.171 e. The van der Waals surface area contributed by atoms with Crippen molar-refractivity contribution >= 4 is 17.4 Å². The SMILES string of the molecule is O[C@@H]1CCN(c2nccnc2Cl)C[C@@H]1CCF. The zero-order chi connectivity index (χ0) is 12.3. The summed E-state index contributed by atoms with van der Waals surface area (Å²) < 4.78 is 12.4. The van der Waals surface area contributed by atoms with Crippen LogP contribution in [0, 0.1) is 5.92 Å². The molecule has 1 N–H and O–H groups in total. The Morgan fingerprint density at radius 1 is 1.47 bits per heavy atom. The molecule has 4 nitrogen and oxygen atoms in total. The summed E-state index contributed by atoms with van der Waals surface area (Å²) in [6.45, 7) is 0.829. The lowest BCUT2D eigenvalue weighted by Gasteiger charge is -2.36. The molecular weight excluding hydrogens is 245 g/mol. The van der Waals surface area contributed by atoms with E-state index in [1.165, 1.54) is 6.20 Å². The summed E-state index contributed by atoms with van der Waals surface area (Å²) in [5, 5.41) is 10.1. The fourth-order valence-electron chi connectivity index (χ4n) is 2.16. The van der Waals surface area contributed by atoms with Gasteiger partial charge in [-0.25, -0.2) is 9.97 Å². The molecule has 1 aromatic heterocycles. The Balaban J connectivity index is 2.10. The Hall–Kier alpha value is -0.940. The molecule has 0 spiro atoms. The van der Waals surface area contributed by atoms with E-state index in [4.69, 9.17) is 11.6 Å². The van der Waals surface area contributed by atoms with Crippen molar-refractivity contribution in [1.82, 2.24) is 9.97 Å². The van der Waals surface area contributed by atoms with Gasteiger partial charge >= 0.3 is 0 Å². The molecule has 1 aliphatic rings. The van der Waals surface area contributed by atoms with Gasteiger partial charge in [0, 0.05) is 31.4 Å². The maximum atomic E-state index is 12.4. The normalized spacial score (nSPS) is 25.0. The van der Waals surface area contributed by atoms with Gasteiger partial charge in [0.1, 0.15) is 0 Å². The van der Waals surface area contributed by atoms with Gasteiger partial charge in [0.15, 0.2) is 11.0 Å². The number of piperidine rings is 1. The van der Waals surface area contributed by atoms with Crippen molar-refractivity contribution in [3.63, 3.8) is 0 Å². The molecule has 0 bridgehead atoms. The van der Waals surface area contributed by atoms with Crippen LogP contribution >= 0.6 is 11.6 Å². The highest BCUT2D eigenvalue weighted by Crippen LogP contribution is 2.27. The van der Waals surface area contributed by atoms with Crippen molar-refractivity contribution in [2.24, 2.45) is 5.92 Å². The third kappa shape index (κ3) is 2.84. The molecule has 2 rings (SSSR count). The van der Waals surface area contributed by atoms with E-state index in [2.05, 4.69) is 9.97 Å². The molecule has 1 fully saturated rings. The standard InChI is InChI=1S/C11H15ClFN3O/c12-10-11(15-5-4-14-10)16-6-2-9(17)8(7-16)1-3-13/h4-5,8-9,17H,1-3,6-7H2/t8-,9+/m0/s1. The topological polar surface area (TPSA) is 49.2 Å². The van der Waals surface area contributed by atoms with Gasteiger partial charge in [-0.2, -0.15) is 0 Å². The first kappa shape index (κ1) is 12.5. The van der Waals surface area contributed by atoms with Gasteiger partial charge in [-0.05, 0) is 12.8 Å². The minimum Gasteiger partial charge on any atom is -0.393 e. The summed E-state index contributed by atoms with van der Waals surface area (Å²) >= 11 is 5.97. The molecule has 6 heteroatoms. The van der Waals surface area contributed by atoms with Gasteiger partial charge in [-0.3, -0.25) is 4.39 Å². The lowest BCUT2D eigenvalue weighted by atomic mass is 9.92. The van der Waals surface area contributed by atoms with Crippen molar-refractivity contribution in [2.75, 3.05) is 24.7 Å². The third-order valence-electron chi connectivity index (χ3n) is 3.11. The molecule has 0 unspecified atom stereocenters. The van der Waals surface area contributed by atoms with Gasteiger partial charge < -0.3 is 10.0 Å². The van der Waals surface area contributed by atoms with Crippen molar-refractivity contribution in [1.29, 1.82) is 0 Å². The average molecular weight is 260 g/mol. The molecular formula is C11H15ClFN3O. The molecule has 1 aliphatic heterocycles. The second-order valence-corrected chi connectivity index (χ2v) is 4.57. The van der Waals surface area contributed by atoms with E-state index in [0.29, 0.717) is 36.9 Å². The monoisotopic (exact) mass is 259 g/mol. The molecule has 17 heavy (non-hydrogen) atoms. The number of halogens is 2. The second kappa shape index (κ2) is 5.60. The Morgan fingerprint density at radius 2 is 2.24 bits per heavy atom. The highest BCUT2D eigenvalue weighted by molar-refractivity contribution is 6.31. The maximum Gasteiger partial charge on any atom is 0.171 e. The largest absolute Gasteiger partial charge is 0.393 e. The predicted molar refractivity (Wildman–Crippen MR) is 64.0 cm³/mol. The average Bonchev–Trinajstić information content (AvgIpc) is 2.33. The number of nitrogens with zero attached hydrogens (tertiary/aromatic N) is 3. The van der Waals surface area contributed by atoms with Crippen molar-refractivity contribution in [3.8, 4) is 0 Å². The zero-order valence-electron chi connectivity index (χ0n) is 9.39. The predicted octanol–water partition coefficient (Wildman–Crippen LogP) is 1.68. The number of hydrogen-bond acceptors (Lipinski definition) is 4. The molecule has 0 radical (unpaired) electrons. The van der Waals surface area contributed by atoms with Crippen LogP contribution < -0.4 is 4.90 Å². The quantitative estimate of drug-likeness (QED) is 0.897. The number of anilines is 1. The highest BCUT2D eigenvalue weighted by atomic mass is 35.5. The molecule has 2 atom stereocenters. The van der Waals surface area contributed by atoms with Crippen LogP contribution in [0.5, 0.6) is 0 Å². The van der Waals surface area contributed by atoms with E-state index in [9.17, 15) is 9.50 Å². The number of aliphatic hydroxyl groups is 1. The molecule has 1 aromatic rings. The minimum atomic E-state index is -0.433. The van der Waals surface area contributed by atoms with E-state index >= 15 is 0 Å².